The number of pyridine rings is 1. The van der Waals surface area contributed by atoms with Crippen LogP contribution in [0.3, 0.4) is 0 Å². The van der Waals surface area contributed by atoms with E-state index >= 15 is 0 Å². The van der Waals surface area contributed by atoms with Crippen LogP contribution in [0.5, 0.6) is 0 Å². The van der Waals surface area contributed by atoms with Gasteiger partial charge in [0.1, 0.15) is 11.6 Å². The van der Waals surface area contributed by atoms with Gasteiger partial charge in [-0.1, -0.05) is 17.7 Å². The van der Waals surface area contributed by atoms with Gasteiger partial charge in [0.05, 0.1) is 0 Å². The molecule has 3 aromatic rings. The number of carbonyl (C=O) groups excluding carboxylic acids is 1. The Hall–Kier alpha value is -2.50. The van der Waals surface area contributed by atoms with Crippen molar-refractivity contribution in [2.45, 2.75) is 12.8 Å². The number of aromatic nitrogens is 1. The lowest BCUT2D eigenvalue weighted by molar-refractivity contribution is 0.0974. The molecule has 0 unspecified atom stereocenters. The normalized spacial score (nSPS) is 15.0. The third kappa shape index (κ3) is 4.92. The minimum atomic E-state index is -0.316. The Morgan fingerprint density at radius 1 is 1.00 bits per heavy atom. The summed E-state index contributed by atoms with van der Waals surface area (Å²) >= 11 is 6.05. The van der Waals surface area contributed by atoms with Crippen molar-refractivity contribution in [1.82, 2.24) is 9.88 Å². The van der Waals surface area contributed by atoms with Gasteiger partial charge in [-0.3, -0.25) is 9.69 Å². The van der Waals surface area contributed by atoms with Crippen LogP contribution in [0.15, 0.2) is 54.7 Å². The molecule has 0 N–H and O–H groups in total. The van der Waals surface area contributed by atoms with Crippen molar-refractivity contribution < 1.29 is 9.18 Å². The highest BCUT2D eigenvalue weighted by Gasteiger charge is 2.18. The van der Waals surface area contributed by atoms with Gasteiger partial charge in [-0.05, 0) is 60.8 Å². The van der Waals surface area contributed by atoms with E-state index in [4.69, 9.17) is 11.6 Å². The molecule has 4 nitrogen and oxygen atoms in total. The lowest BCUT2D eigenvalue weighted by Crippen LogP contribution is -2.47. The number of hydrogen-bond donors (Lipinski definition) is 0. The molecular weight excluding hydrogens is 389 g/mol. The molecule has 0 atom stereocenters. The lowest BCUT2D eigenvalue weighted by atomic mass is 10.1. The monoisotopic (exact) mass is 411 g/mol. The number of hydrogen-bond acceptors (Lipinski definition) is 4. The SMILES string of the molecule is O=C(CCCN1CCN(c2cc3ccc(Cl)cc3cn2)CC1)c1ccc(F)cc1. The van der Waals surface area contributed by atoms with Crippen LogP contribution in [0.1, 0.15) is 23.2 Å². The van der Waals surface area contributed by atoms with Crippen LogP contribution >= 0.6 is 11.6 Å². The van der Waals surface area contributed by atoms with Gasteiger partial charge in [-0.2, -0.15) is 0 Å². The Balaban J connectivity index is 1.25. The maximum absolute atomic E-state index is 13.0. The van der Waals surface area contributed by atoms with Gasteiger partial charge in [-0.15, -0.1) is 0 Å². The number of carbonyl (C=O) groups is 1. The molecule has 2 aromatic carbocycles. The molecule has 1 aromatic heterocycles. The summed E-state index contributed by atoms with van der Waals surface area (Å²) in [4.78, 5) is 21.5. The highest BCUT2D eigenvalue weighted by molar-refractivity contribution is 6.31. The molecule has 0 saturated carbocycles. The summed E-state index contributed by atoms with van der Waals surface area (Å²) in [5.41, 5.74) is 0.583. The highest BCUT2D eigenvalue weighted by Crippen LogP contribution is 2.23. The fourth-order valence-corrected chi connectivity index (χ4v) is 3.90. The van der Waals surface area contributed by atoms with Gasteiger partial charge >= 0.3 is 0 Å². The van der Waals surface area contributed by atoms with Crippen molar-refractivity contribution in [3.8, 4) is 0 Å². The topological polar surface area (TPSA) is 36.4 Å². The van der Waals surface area contributed by atoms with Crippen LogP contribution in [-0.4, -0.2) is 48.4 Å². The second-order valence-electron chi connectivity index (χ2n) is 7.40. The predicted molar refractivity (Wildman–Crippen MR) is 115 cm³/mol. The molecule has 0 bridgehead atoms. The molecule has 1 aliphatic heterocycles. The van der Waals surface area contributed by atoms with Crippen LogP contribution in [0.2, 0.25) is 5.02 Å². The quantitative estimate of drug-likeness (QED) is 0.545. The Labute approximate surface area is 174 Å². The van der Waals surface area contributed by atoms with Crippen LogP contribution in [-0.2, 0) is 0 Å². The summed E-state index contributed by atoms with van der Waals surface area (Å²) in [6.07, 6.45) is 3.18. The zero-order valence-electron chi connectivity index (χ0n) is 16.2. The van der Waals surface area contributed by atoms with Gasteiger partial charge in [0.25, 0.3) is 0 Å². The number of anilines is 1. The zero-order valence-corrected chi connectivity index (χ0v) is 16.9. The van der Waals surface area contributed by atoms with Crippen molar-refractivity contribution in [1.29, 1.82) is 0 Å². The van der Waals surface area contributed by atoms with Crippen molar-refractivity contribution >= 4 is 34.0 Å². The number of piperazine rings is 1. The van der Waals surface area contributed by atoms with Crippen molar-refractivity contribution in [2.24, 2.45) is 0 Å². The first kappa shape index (κ1) is 19.8. The molecule has 0 spiro atoms. The molecule has 0 radical (unpaired) electrons. The molecule has 0 amide bonds. The van der Waals surface area contributed by atoms with E-state index in [1.807, 2.05) is 24.4 Å². The van der Waals surface area contributed by atoms with Gasteiger partial charge in [0.15, 0.2) is 5.78 Å². The summed E-state index contributed by atoms with van der Waals surface area (Å²) in [6.45, 7) is 4.62. The van der Waals surface area contributed by atoms with E-state index in [2.05, 4.69) is 20.9 Å². The minimum absolute atomic E-state index is 0.0732. The number of halogens is 2. The molecule has 150 valence electrons. The van der Waals surface area contributed by atoms with E-state index in [0.717, 1.165) is 60.8 Å². The third-order valence-corrected chi connectivity index (χ3v) is 5.65. The molecule has 4 rings (SSSR count). The predicted octanol–water partition coefficient (Wildman–Crippen LogP) is 4.81. The standard InChI is InChI=1S/C23H23ClFN3O/c24-20-6-3-18-15-23(26-16-19(18)14-20)28-12-10-27(11-13-28)9-1-2-22(29)17-4-7-21(25)8-5-17/h3-8,14-16H,1-2,9-13H2. The fraction of sp³-hybridized carbons (Fsp3) is 0.304. The zero-order chi connectivity index (χ0) is 20.2. The third-order valence-electron chi connectivity index (χ3n) is 5.41. The van der Waals surface area contributed by atoms with Crippen LogP contribution in [0.4, 0.5) is 10.2 Å². The molecular formula is C23H23ClFN3O. The number of fused-ring (bicyclic) bond motifs is 1. The maximum atomic E-state index is 13.0. The van der Waals surface area contributed by atoms with E-state index in [9.17, 15) is 9.18 Å². The first-order valence-electron chi connectivity index (χ1n) is 9.90. The van der Waals surface area contributed by atoms with Gasteiger partial charge in [-0.25, -0.2) is 9.37 Å². The number of Topliss-reactive ketones (excluding diaryl/α,β-unsaturated/α-hetero) is 1. The first-order chi connectivity index (χ1) is 14.1. The van der Waals surface area contributed by atoms with E-state index in [0.29, 0.717) is 12.0 Å². The lowest BCUT2D eigenvalue weighted by Gasteiger charge is -2.35. The van der Waals surface area contributed by atoms with Crippen LogP contribution in [0, 0.1) is 5.82 Å². The van der Waals surface area contributed by atoms with Crippen molar-refractivity contribution in [3.63, 3.8) is 0 Å². The summed E-state index contributed by atoms with van der Waals surface area (Å²) in [5, 5.41) is 2.91. The minimum Gasteiger partial charge on any atom is -0.354 e. The summed E-state index contributed by atoms with van der Waals surface area (Å²) in [6, 6.07) is 13.8. The average Bonchev–Trinajstić information content (AvgIpc) is 2.74. The van der Waals surface area contributed by atoms with E-state index < -0.39 is 0 Å². The molecule has 1 fully saturated rings. The average molecular weight is 412 g/mol. The summed E-state index contributed by atoms with van der Waals surface area (Å²) < 4.78 is 13.0. The van der Waals surface area contributed by atoms with Crippen molar-refractivity contribution in [2.75, 3.05) is 37.6 Å². The molecule has 1 saturated heterocycles. The molecule has 29 heavy (non-hydrogen) atoms. The van der Waals surface area contributed by atoms with Crippen LogP contribution in [0.25, 0.3) is 10.8 Å². The van der Waals surface area contributed by atoms with Gasteiger partial charge in [0.2, 0.25) is 0 Å². The van der Waals surface area contributed by atoms with Crippen molar-refractivity contribution in [3.05, 3.63) is 71.1 Å². The smallest absolute Gasteiger partial charge is 0.162 e. The maximum Gasteiger partial charge on any atom is 0.162 e. The Bertz CT molecular complexity index is 1000. The number of nitrogens with zero attached hydrogens (tertiary/aromatic N) is 3. The molecule has 6 heteroatoms. The first-order valence-corrected chi connectivity index (χ1v) is 10.3. The van der Waals surface area contributed by atoms with E-state index in [-0.39, 0.29) is 11.6 Å². The largest absolute Gasteiger partial charge is 0.354 e. The van der Waals surface area contributed by atoms with E-state index in [1.54, 1.807) is 12.1 Å². The van der Waals surface area contributed by atoms with Gasteiger partial charge in [0, 0.05) is 54.8 Å². The summed E-state index contributed by atoms with van der Waals surface area (Å²) in [7, 11) is 0. The Kier molecular flexibility index (Phi) is 6.07. The Morgan fingerprint density at radius 3 is 2.52 bits per heavy atom. The number of ketones is 1. The fourth-order valence-electron chi connectivity index (χ4n) is 3.72. The number of rotatable bonds is 6. The van der Waals surface area contributed by atoms with E-state index in [1.165, 1.54) is 12.1 Å². The summed E-state index contributed by atoms with van der Waals surface area (Å²) in [5.74, 6) is 0.749. The molecule has 1 aliphatic rings. The highest BCUT2D eigenvalue weighted by atomic mass is 35.5. The molecule has 0 aliphatic carbocycles. The Morgan fingerprint density at radius 2 is 1.76 bits per heavy atom. The second kappa shape index (κ2) is 8.89. The van der Waals surface area contributed by atoms with Crippen LogP contribution < -0.4 is 4.90 Å². The second-order valence-corrected chi connectivity index (χ2v) is 7.83. The number of benzene rings is 2. The molecule has 2 heterocycles. The van der Waals surface area contributed by atoms with Gasteiger partial charge < -0.3 is 4.90 Å².